The van der Waals surface area contributed by atoms with Gasteiger partial charge in [0, 0.05) is 68.6 Å². The number of allylic oxidation sites excluding steroid dienone is 2. The van der Waals surface area contributed by atoms with Crippen LogP contribution in [0.15, 0.2) is 42.2 Å². The predicted molar refractivity (Wildman–Crippen MR) is 156 cm³/mol. The molecule has 1 saturated heterocycles. The Labute approximate surface area is 243 Å². The molecule has 11 heteroatoms. The number of nitrogens with zero attached hydrogens (tertiary/aromatic N) is 5. The fourth-order valence-corrected chi connectivity index (χ4v) is 5.79. The number of benzene rings is 2. The van der Waals surface area contributed by atoms with Crippen LogP contribution in [0.25, 0.3) is 10.9 Å². The summed E-state index contributed by atoms with van der Waals surface area (Å²) in [6, 6.07) is 9.23. The average molecular weight is 584 g/mol. The molecular weight excluding hydrogens is 549 g/mol. The van der Waals surface area contributed by atoms with Crippen molar-refractivity contribution in [1.29, 1.82) is 0 Å². The topological polar surface area (TPSA) is 102 Å². The minimum atomic E-state index is -0.615. The van der Waals surface area contributed by atoms with Crippen molar-refractivity contribution < 1.29 is 24.1 Å². The summed E-state index contributed by atoms with van der Waals surface area (Å²) in [7, 11) is 3.33. The molecule has 2 aliphatic rings. The molecular formula is C30H35ClFN5O4. The van der Waals surface area contributed by atoms with Gasteiger partial charge in [-0.3, -0.25) is 9.69 Å². The Morgan fingerprint density at radius 1 is 1.22 bits per heavy atom. The first-order valence-electron chi connectivity index (χ1n) is 13.8. The Kier molecular flexibility index (Phi) is 8.63. The van der Waals surface area contributed by atoms with Gasteiger partial charge in [-0.25, -0.2) is 4.39 Å². The second-order valence-corrected chi connectivity index (χ2v) is 11.0. The summed E-state index contributed by atoms with van der Waals surface area (Å²) in [4.78, 5) is 26.6. The molecule has 1 aliphatic heterocycles. The number of ether oxygens (including phenoxy) is 1. The molecule has 41 heavy (non-hydrogen) atoms. The molecule has 3 aromatic rings. The van der Waals surface area contributed by atoms with E-state index in [2.05, 4.69) is 9.97 Å². The minimum absolute atomic E-state index is 0.0348. The largest absolute Gasteiger partial charge is 0.512 e. The van der Waals surface area contributed by atoms with E-state index < -0.39 is 18.0 Å². The first-order chi connectivity index (χ1) is 19.7. The molecule has 5 rings (SSSR count). The first kappa shape index (κ1) is 29.0. The number of piperazine rings is 1. The quantitative estimate of drug-likeness (QED) is 0.406. The van der Waals surface area contributed by atoms with Crippen LogP contribution in [0.2, 0.25) is 5.02 Å². The maximum Gasteiger partial charge on any atom is 0.319 e. The summed E-state index contributed by atoms with van der Waals surface area (Å²) < 4.78 is 22.4. The molecule has 2 aromatic carbocycles. The van der Waals surface area contributed by atoms with Gasteiger partial charge in [0.15, 0.2) is 5.82 Å². The monoisotopic (exact) mass is 583 g/mol. The predicted octanol–water partition coefficient (Wildman–Crippen LogP) is 4.26. The van der Waals surface area contributed by atoms with Crippen molar-refractivity contribution in [3.8, 4) is 6.01 Å². The summed E-state index contributed by atoms with van der Waals surface area (Å²) in [5.74, 6) is -0.703. The molecule has 0 saturated carbocycles. The number of hydrogen-bond acceptors (Lipinski definition) is 8. The molecule has 2 atom stereocenters. The van der Waals surface area contributed by atoms with Crippen LogP contribution in [0.1, 0.15) is 42.4 Å². The first-order valence-corrected chi connectivity index (χ1v) is 14.2. The number of aromatic nitrogens is 2. The van der Waals surface area contributed by atoms with Crippen LogP contribution in [0.3, 0.4) is 0 Å². The zero-order chi connectivity index (χ0) is 29.3. The van der Waals surface area contributed by atoms with E-state index >= 15 is 4.39 Å². The van der Waals surface area contributed by atoms with Crippen LogP contribution >= 0.6 is 11.6 Å². The third-order valence-corrected chi connectivity index (χ3v) is 8.07. The average Bonchev–Trinajstić information content (AvgIpc) is 2.96. The number of anilines is 1. The SMILES string of the molecule is CCC(O)N1CCN(c2nc(OCCC(=O)N(C)C)nc3c(F)c([C@H]4C=C(O)Cc5ccccc54)c(Cl)cc23)CC1. The van der Waals surface area contributed by atoms with E-state index in [1.165, 1.54) is 4.90 Å². The van der Waals surface area contributed by atoms with Gasteiger partial charge in [-0.15, -0.1) is 0 Å². The van der Waals surface area contributed by atoms with Gasteiger partial charge in [0.1, 0.15) is 24.2 Å². The number of halogens is 2. The summed E-state index contributed by atoms with van der Waals surface area (Å²) >= 11 is 6.80. The zero-order valence-electron chi connectivity index (χ0n) is 23.5. The van der Waals surface area contributed by atoms with E-state index in [0.717, 1.165) is 11.1 Å². The van der Waals surface area contributed by atoms with Crippen molar-refractivity contribution in [2.24, 2.45) is 0 Å². The number of fused-ring (bicyclic) bond motifs is 2. The number of aliphatic hydroxyl groups excluding tert-OH is 2. The lowest BCUT2D eigenvalue weighted by molar-refractivity contribution is -0.129. The third kappa shape index (κ3) is 5.95. The van der Waals surface area contributed by atoms with Crippen molar-refractivity contribution >= 4 is 34.2 Å². The number of carbonyl (C=O) groups excluding carboxylic acids is 1. The highest BCUT2D eigenvalue weighted by molar-refractivity contribution is 6.32. The van der Waals surface area contributed by atoms with E-state index in [9.17, 15) is 15.0 Å². The standard InChI is InChI=1S/C30H35ClFN5O4/c1-4-24(39)36-10-12-37(13-11-36)29-22-17-23(31)26(21-16-19(38)15-18-7-5-6-8-20(18)21)27(32)28(22)33-30(34-29)41-14-9-25(40)35(2)3/h5-8,16-17,21,24,38-39H,4,9-15H2,1-3H3/t21-,24?/m0/s1. The Balaban J connectivity index is 1.58. The van der Waals surface area contributed by atoms with Crippen molar-refractivity contribution in [1.82, 2.24) is 19.8 Å². The van der Waals surface area contributed by atoms with Gasteiger partial charge in [0.25, 0.3) is 0 Å². The Bertz CT molecular complexity index is 1480. The normalized spacial score (nSPS) is 18.1. The summed E-state index contributed by atoms with van der Waals surface area (Å²) in [6.07, 6.45) is 2.22. The van der Waals surface area contributed by atoms with Gasteiger partial charge in [0.05, 0.1) is 12.2 Å². The van der Waals surface area contributed by atoms with Crippen LogP contribution < -0.4 is 9.64 Å². The van der Waals surface area contributed by atoms with E-state index in [0.29, 0.717) is 50.2 Å². The molecule has 218 valence electrons. The van der Waals surface area contributed by atoms with Crippen molar-refractivity contribution in [2.75, 3.05) is 51.8 Å². The zero-order valence-corrected chi connectivity index (χ0v) is 24.2. The van der Waals surface area contributed by atoms with Crippen molar-refractivity contribution in [3.05, 3.63) is 69.7 Å². The van der Waals surface area contributed by atoms with E-state index in [-0.39, 0.29) is 46.8 Å². The molecule has 1 unspecified atom stereocenters. The molecule has 1 aromatic heterocycles. The molecule has 0 radical (unpaired) electrons. The number of aliphatic hydroxyl groups is 2. The highest BCUT2D eigenvalue weighted by atomic mass is 35.5. The molecule has 2 N–H and O–H groups in total. The second-order valence-electron chi connectivity index (χ2n) is 10.6. The molecule has 9 nitrogen and oxygen atoms in total. The lowest BCUT2D eigenvalue weighted by atomic mass is 9.82. The molecule has 0 spiro atoms. The maximum atomic E-state index is 16.6. The highest BCUT2D eigenvalue weighted by Gasteiger charge is 2.30. The highest BCUT2D eigenvalue weighted by Crippen LogP contribution is 2.42. The van der Waals surface area contributed by atoms with Gasteiger partial charge in [-0.05, 0) is 29.7 Å². The van der Waals surface area contributed by atoms with Crippen LogP contribution in [-0.2, 0) is 11.2 Å². The Morgan fingerprint density at radius 2 is 1.95 bits per heavy atom. The molecule has 2 heterocycles. The van der Waals surface area contributed by atoms with Crippen molar-refractivity contribution in [3.63, 3.8) is 0 Å². The van der Waals surface area contributed by atoms with Gasteiger partial charge in [-0.1, -0.05) is 42.8 Å². The number of amides is 1. The van der Waals surface area contributed by atoms with Crippen LogP contribution in [0, 0.1) is 5.82 Å². The van der Waals surface area contributed by atoms with Crippen LogP contribution in [-0.4, -0.2) is 89.0 Å². The Hall–Kier alpha value is -3.47. The molecule has 1 amide bonds. The van der Waals surface area contributed by atoms with E-state index in [1.807, 2.05) is 41.0 Å². The Morgan fingerprint density at radius 3 is 2.66 bits per heavy atom. The number of rotatable bonds is 8. The maximum absolute atomic E-state index is 16.6. The van der Waals surface area contributed by atoms with Gasteiger partial charge in [-0.2, -0.15) is 9.97 Å². The summed E-state index contributed by atoms with van der Waals surface area (Å²) in [6.45, 7) is 4.27. The third-order valence-electron chi connectivity index (χ3n) is 7.76. The fraction of sp³-hybridized carbons (Fsp3) is 0.433. The van der Waals surface area contributed by atoms with Crippen LogP contribution in [0.4, 0.5) is 10.2 Å². The lowest BCUT2D eigenvalue weighted by Crippen LogP contribution is -2.50. The summed E-state index contributed by atoms with van der Waals surface area (Å²) in [5, 5.41) is 21.4. The smallest absolute Gasteiger partial charge is 0.319 e. The molecule has 1 fully saturated rings. The minimum Gasteiger partial charge on any atom is -0.512 e. The fourth-order valence-electron chi connectivity index (χ4n) is 5.48. The van der Waals surface area contributed by atoms with E-state index in [4.69, 9.17) is 16.3 Å². The van der Waals surface area contributed by atoms with E-state index in [1.54, 1.807) is 26.2 Å². The number of carbonyl (C=O) groups is 1. The van der Waals surface area contributed by atoms with Crippen molar-refractivity contribution in [2.45, 2.75) is 38.3 Å². The van der Waals surface area contributed by atoms with Gasteiger partial charge < -0.3 is 24.7 Å². The molecule has 0 bridgehead atoms. The summed E-state index contributed by atoms with van der Waals surface area (Å²) in [5.41, 5.74) is 2.03. The van der Waals surface area contributed by atoms with Gasteiger partial charge in [0.2, 0.25) is 5.91 Å². The second kappa shape index (κ2) is 12.2. The molecule has 1 aliphatic carbocycles. The van der Waals surface area contributed by atoms with Gasteiger partial charge >= 0.3 is 6.01 Å². The van der Waals surface area contributed by atoms with Crippen LogP contribution in [0.5, 0.6) is 6.01 Å². The lowest BCUT2D eigenvalue weighted by Gasteiger charge is -2.38. The number of hydrogen-bond donors (Lipinski definition) is 2.